The van der Waals surface area contributed by atoms with Gasteiger partial charge in [0, 0.05) is 6.07 Å². The van der Waals surface area contributed by atoms with E-state index < -0.39 is 33.6 Å². The molecule has 1 amide bonds. The summed E-state index contributed by atoms with van der Waals surface area (Å²) in [4.78, 5) is 12.9. The fourth-order valence-electron chi connectivity index (χ4n) is 3.79. The zero-order valence-electron chi connectivity index (χ0n) is 17.0. The quantitative estimate of drug-likeness (QED) is 0.751. The molecular weight excluding hydrogens is 414 g/mol. The van der Waals surface area contributed by atoms with Gasteiger partial charge in [-0.2, -0.15) is 0 Å². The molecule has 0 heterocycles. The number of nitrogens with zero attached hydrogens (tertiary/aromatic N) is 1. The molecule has 1 aliphatic rings. The normalized spacial score (nSPS) is 17.0. The molecule has 2 aromatic carbocycles. The van der Waals surface area contributed by atoms with E-state index in [1.165, 1.54) is 6.92 Å². The van der Waals surface area contributed by atoms with Gasteiger partial charge in [0.05, 0.1) is 25.1 Å². The third-order valence-corrected chi connectivity index (χ3v) is 6.47. The van der Waals surface area contributed by atoms with Crippen LogP contribution in [0, 0.1) is 11.6 Å². The first-order valence-corrected chi connectivity index (χ1v) is 11.4. The number of amides is 1. The Kier molecular flexibility index (Phi) is 6.30. The van der Waals surface area contributed by atoms with Gasteiger partial charge in [0.2, 0.25) is 15.9 Å². The van der Waals surface area contributed by atoms with Crippen LogP contribution >= 0.6 is 0 Å². The maximum atomic E-state index is 13.7. The van der Waals surface area contributed by atoms with Gasteiger partial charge in [-0.25, -0.2) is 17.2 Å². The van der Waals surface area contributed by atoms with E-state index in [4.69, 9.17) is 4.74 Å². The van der Waals surface area contributed by atoms with E-state index >= 15 is 0 Å². The van der Waals surface area contributed by atoms with E-state index in [0.717, 1.165) is 58.5 Å². The molecule has 3 rings (SSSR count). The average Bonchev–Trinajstić information content (AvgIpc) is 2.69. The fourth-order valence-corrected chi connectivity index (χ4v) is 4.96. The Balaban J connectivity index is 1.86. The van der Waals surface area contributed by atoms with Gasteiger partial charge in [-0.3, -0.25) is 9.10 Å². The number of methoxy groups -OCH3 is 1. The maximum absolute atomic E-state index is 13.7. The predicted octanol–water partition coefficient (Wildman–Crippen LogP) is 3.32. The Labute approximate surface area is 174 Å². The van der Waals surface area contributed by atoms with Gasteiger partial charge < -0.3 is 10.1 Å². The van der Waals surface area contributed by atoms with Crippen molar-refractivity contribution < 1.29 is 26.7 Å². The van der Waals surface area contributed by atoms with Crippen molar-refractivity contribution in [3.63, 3.8) is 0 Å². The van der Waals surface area contributed by atoms with Crippen molar-refractivity contribution in [3.8, 4) is 5.75 Å². The number of hydrogen-bond donors (Lipinski definition) is 1. The topological polar surface area (TPSA) is 75.7 Å². The van der Waals surface area contributed by atoms with Crippen LogP contribution in [0.1, 0.15) is 36.9 Å². The summed E-state index contributed by atoms with van der Waals surface area (Å²) in [5.74, 6) is -2.09. The second-order valence-electron chi connectivity index (χ2n) is 7.35. The summed E-state index contributed by atoms with van der Waals surface area (Å²) in [6, 6.07) is 6.94. The molecule has 0 bridgehead atoms. The van der Waals surface area contributed by atoms with E-state index in [9.17, 15) is 22.0 Å². The Morgan fingerprint density at radius 1 is 1.20 bits per heavy atom. The highest BCUT2D eigenvalue weighted by atomic mass is 32.2. The number of hydrogen-bond acceptors (Lipinski definition) is 4. The van der Waals surface area contributed by atoms with Crippen molar-refractivity contribution in [3.05, 3.63) is 59.2 Å². The second kappa shape index (κ2) is 8.59. The monoisotopic (exact) mass is 438 g/mol. The van der Waals surface area contributed by atoms with Crippen molar-refractivity contribution in [1.82, 2.24) is 5.32 Å². The molecule has 1 aliphatic carbocycles. The predicted molar refractivity (Wildman–Crippen MR) is 110 cm³/mol. The lowest BCUT2D eigenvalue weighted by molar-refractivity contribution is -0.122. The lowest BCUT2D eigenvalue weighted by atomic mass is 9.87. The third kappa shape index (κ3) is 4.56. The number of aryl methyl sites for hydroxylation is 1. The van der Waals surface area contributed by atoms with Crippen molar-refractivity contribution in [2.75, 3.05) is 17.7 Å². The summed E-state index contributed by atoms with van der Waals surface area (Å²) in [7, 11) is -2.35. The zero-order valence-corrected chi connectivity index (χ0v) is 17.8. The van der Waals surface area contributed by atoms with Gasteiger partial charge in [0.25, 0.3) is 0 Å². The van der Waals surface area contributed by atoms with Crippen LogP contribution in [0.25, 0.3) is 0 Å². The summed E-state index contributed by atoms with van der Waals surface area (Å²) >= 11 is 0. The molecule has 0 saturated heterocycles. The molecule has 0 aromatic heterocycles. The van der Waals surface area contributed by atoms with Crippen LogP contribution in [0.15, 0.2) is 36.4 Å². The number of halogens is 2. The van der Waals surface area contributed by atoms with Gasteiger partial charge in [-0.1, -0.05) is 6.07 Å². The molecule has 0 radical (unpaired) electrons. The molecule has 2 aromatic rings. The Hall–Kier alpha value is -2.68. The van der Waals surface area contributed by atoms with Crippen LogP contribution < -0.4 is 14.4 Å². The maximum Gasteiger partial charge on any atom is 0.244 e. The minimum atomic E-state index is -3.94. The van der Waals surface area contributed by atoms with E-state index in [-0.39, 0.29) is 11.7 Å². The fraction of sp³-hybridized carbons (Fsp3) is 0.381. The molecule has 0 spiro atoms. The zero-order chi connectivity index (χ0) is 22.1. The van der Waals surface area contributed by atoms with Crippen LogP contribution in [0.4, 0.5) is 14.5 Å². The summed E-state index contributed by atoms with van der Waals surface area (Å²) in [6.45, 7) is 1.41. The minimum absolute atomic E-state index is 0.118. The Morgan fingerprint density at radius 3 is 2.57 bits per heavy atom. The highest BCUT2D eigenvalue weighted by molar-refractivity contribution is 7.92. The molecule has 6 nitrogen and oxygen atoms in total. The minimum Gasteiger partial charge on any atom is -0.497 e. The van der Waals surface area contributed by atoms with Gasteiger partial charge in [0.15, 0.2) is 11.6 Å². The van der Waals surface area contributed by atoms with Crippen LogP contribution in [-0.4, -0.2) is 33.7 Å². The molecule has 0 fully saturated rings. The van der Waals surface area contributed by atoms with Crippen LogP contribution in [0.5, 0.6) is 5.75 Å². The van der Waals surface area contributed by atoms with Crippen molar-refractivity contribution >= 4 is 21.6 Å². The van der Waals surface area contributed by atoms with Crippen molar-refractivity contribution in [1.29, 1.82) is 0 Å². The van der Waals surface area contributed by atoms with Crippen molar-refractivity contribution in [2.45, 2.75) is 38.3 Å². The number of rotatable bonds is 6. The number of carbonyl (C=O) groups is 1. The number of ether oxygens (including phenoxy) is 1. The number of fused-ring (bicyclic) bond motifs is 1. The molecule has 0 saturated carbocycles. The molecule has 0 aliphatic heterocycles. The number of nitrogens with one attached hydrogen (secondary N) is 1. The number of benzene rings is 2. The Bertz CT molecular complexity index is 1060. The van der Waals surface area contributed by atoms with Gasteiger partial charge in [0.1, 0.15) is 11.8 Å². The number of anilines is 1. The summed E-state index contributed by atoms with van der Waals surface area (Å²) in [5, 5.41) is 2.91. The summed E-state index contributed by atoms with van der Waals surface area (Å²) in [5.41, 5.74) is 1.91. The molecule has 2 atom stereocenters. The molecular formula is C21H24F2N2O4S. The molecule has 0 unspecified atom stereocenters. The van der Waals surface area contributed by atoms with Crippen LogP contribution in [-0.2, 0) is 21.2 Å². The molecule has 162 valence electrons. The van der Waals surface area contributed by atoms with Gasteiger partial charge >= 0.3 is 0 Å². The highest BCUT2D eigenvalue weighted by Gasteiger charge is 2.32. The van der Waals surface area contributed by atoms with Crippen LogP contribution in [0.3, 0.4) is 0 Å². The second-order valence-corrected chi connectivity index (χ2v) is 9.21. The highest BCUT2D eigenvalue weighted by Crippen LogP contribution is 2.32. The molecule has 9 heteroatoms. The van der Waals surface area contributed by atoms with Crippen LogP contribution in [0.2, 0.25) is 0 Å². The molecule has 1 N–H and O–H groups in total. The first-order chi connectivity index (χ1) is 14.1. The first kappa shape index (κ1) is 22.0. The third-order valence-electron chi connectivity index (χ3n) is 5.23. The average molecular weight is 438 g/mol. The SMILES string of the molecule is COc1ccc2c(c1)CCC[C@H]2NC(=O)[C@H](C)N(c1ccc(F)c(F)c1)S(C)(=O)=O. The number of carbonyl (C=O) groups excluding carboxylic acids is 1. The van der Waals surface area contributed by atoms with Crippen molar-refractivity contribution in [2.24, 2.45) is 0 Å². The lowest BCUT2D eigenvalue weighted by Gasteiger charge is -2.32. The van der Waals surface area contributed by atoms with E-state index in [0.29, 0.717) is 6.42 Å². The van der Waals surface area contributed by atoms with E-state index in [2.05, 4.69) is 5.32 Å². The summed E-state index contributed by atoms with van der Waals surface area (Å²) in [6.07, 6.45) is 3.35. The summed E-state index contributed by atoms with van der Waals surface area (Å²) < 4.78 is 57.7. The van der Waals surface area contributed by atoms with Gasteiger partial charge in [-0.05, 0) is 61.6 Å². The standard InChI is InChI=1S/C21H24F2N2O4S/c1-13(25(30(3,27)28)15-7-10-18(22)19(23)12-15)21(26)24-20-6-4-5-14-11-16(29-2)8-9-17(14)20/h7-13,20H,4-6H2,1-3H3,(H,24,26)/t13-,20+/m0/s1. The van der Waals surface area contributed by atoms with Gasteiger partial charge in [-0.15, -0.1) is 0 Å². The van der Waals surface area contributed by atoms with E-state index in [1.54, 1.807) is 7.11 Å². The number of sulfonamides is 1. The molecule has 30 heavy (non-hydrogen) atoms. The largest absolute Gasteiger partial charge is 0.497 e. The first-order valence-electron chi connectivity index (χ1n) is 9.53. The Morgan fingerprint density at radius 2 is 1.93 bits per heavy atom. The smallest absolute Gasteiger partial charge is 0.244 e. The lowest BCUT2D eigenvalue weighted by Crippen LogP contribution is -2.49. The van der Waals surface area contributed by atoms with E-state index in [1.807, 2.05) is 18.2 Å².